The predicted molar refractivity (Wildman–Crippen MR) is 56.7 cm³/mol. The number of nitrogens with zero attached hydrogens (tertiary/aromatic N) is 1. The third-order valence-corrected chi connectivity index (χ3v) is 2.27. The lowest BCUT2D eigenvalue weighted by Gasteiger charge is -2.23. The molecule has 0 aliphatic rings. The average Bonchev–Trinajstić information content (AvgIpc) is 2.26. The highest BCUT2D eigenvalue weighted by Gasteiger charge is 2.39. The summed E-state index contributed by atoms with van der Waals surface area (Å²) in [5.74, 6) is -4.43. The molecule has 0 amide bonds. The van der Waals surface area contributed by atoms with E-state index in [0.717, 1.165) is 4.90 Å². The molecule has 0 atom stereocenters. The van der Waals surface area contributed by atoms with Gasteiger partial charge >= 0.3 is 6.18 Å². The molecule has 17 heavy (non-hydrogen) atoms. The molecule has 0 fully saturated rings. The van der Waals surface area contributed by atoms with E-state index in [1.165, 1.54) is 0 Å². The molecule has 102 valence electrons. The summed E-state index contributed by atoms with van der Waals surface area (Å²) >= 11 is 0. The maximum absolute atomic E-state index is 13.3. The Morgan fingerprint density at radius 2 is 1.35 bits per heavy atom. The predicted octanol–water partition coefficient (Wildman–Crippen LogP) is 4.56. The van der Waals surface area contributed by atoms with Crippen molar-refractivity contribution in [1.82, 2.24) is 4.90 Å². The Bertz CT molecular complexity index is 239. The lowest BCUT2D eigenvalue weighted by molar-refractivity contribution is -0.113. The van der Waals surface area contributed by atoms with Gasteiger partial charge in [-0.05, 0) is 12.8 Å². The minimum Gasteiger partial charge on any atom is -0.346 e. The van der Waals surface area contributed by atoms with Crippen LogP contribution in [-0.4, -0.2) is 24.2 Å². The Morgan fingerprint density at radius 3 is 1.65 bits per heavy atom. The molecule has 6 heteroatoms. The van der Waals surface area contributed by atoms with Gasteiger partial charge in [0, 0.05) is 13.1 Å². The van der Waals surface area contributed by atoms with E-state index in [1.807, 2.05) is 13.8 Å². The molecule has 0 spiro atoms. The molecule has 0 saturated heterocycles. The minimum absolute atomic E-state index is 0.103. The molecular weight excluding hydrogens is 241 g/mol. The zero-order valence-electron chi connectivity index (χ0n) is 10.1. The van der Waals surface area contributed by atoms with Crippen molar-refractivity contribution in [3.05, 3.63) is 11.8 Å². The monoisotopic (exact) mass is 259 g/mol. The third kappa shape index (κ3) is 5.89. The van der Waals surface area contributed by atoms with E-state index >= 15 is 0 Å². The SMILES string of the molecule is CCCCN(CCCC)/C(F)=C(\F)C(F)(F)F. The first-order valence-corrected chi connectivity index (χ1v) is 5.72. The van der Waals surface area contributed by atoms with Crippen molar-refractivity contribution in [2.75, 3.05) is 13.1 Å². The summed E-state index contributed by atoms with van der Waals surface area (Å²) in [5.41, 5.74) is 0. The van der Waals surface area contributed by atoms with Gasteiger partial charge in [0.25, 0.3) is 5.83 Å². The summed E-state index contributed by atoms with van der Waals surface area (Å²) < 4.78 is 62.1. The van der Waals surface area contributed by atoms with Crippen LogP contribution in [0.2, 0.25) is 0 Å². The summed E-state index contributed by atoms with van der Waals surface area (Å²) in [6.45, 7) is 3.87. The van der Waals surface area contributed by atoms with Gasteiger partial charge in [-0.15, -0.1) is 0 Å². The number of alkyl halides is 3. The first-order chi connectivity index (χ1) is 7.84. The third-order valence-electron chi connectivity index (χ3n) is 2.27. The van der Waals surface area contributed by atoms with Gasteiger partial charge in [-0.3, -0.25) is 0 Å². The van der Waals surface area contributed by atoms with Gasteiger partial charge in [-0.1, -0.05) is 26.7 Å². The first kappa shape index (κ1) is 16.2. The van der Waals surface area contributed by atoms with Gasteiger partial charge in [0.15, 0.2) is 0 Å². The second-order valence-corrected chi connectivity index (χ2v) is 3.80. The van der Waals surface area contributed by atoms with Crippen molar-refractivity contribution in [1.29, 1.82) is 0 Å². The Morgan fingerprint density at radius 1 is 0.941 bits per heavy atom. The maximum atomic E-state index is 13.3. The molecule has 0 bridgehead atoms. The smallest absolute Gasteiger partial charge is 0.346 e. The lowest BCUT2D eigenvalue weighted by atomic mass is 10.2. The van der Waals surface area contributed by atoms with E-state index in [-0.39, 0.29) is 13.1 Å². The fourth-order valence-corrected chi connectivity index (χ4v) is 1.26. The molecule has 0 rings (SSSR count). The number of halogens is 5. The van der Waals surface area contributed by atoms with Crippen LogP contribution in [0.4, 0.5) is 22.0 Å². The second kappa shape index (κ2) is 7.50. The van der Waals surface area contributed by atoms with Gasteiger partial charge in [0.2, 0.25) is 5.95 Å². The zero-order valence-corrected chi connectivity index (χ0v) is 10.1. The van der Waals surface area contributed by atoms with Crippen molar-refractivity contribution in [3.8, 4) is 0 Å². The van der Waals surface area contributed by atoms with Crippen molar-refractivity contribution in [2.45, 2.75) is 45.7 Å². The second-order valence-electron chi connectivity index (χ2n) is 3.80. The standard InChI is InChI=1S/C11H18F5N/c1-3-5-7-17(8-6-4-2)10(13)9(12)11(14,15)16/h3-8H2,1-2H3/b10-9-. The van der Waals surface area contributed by atoms with E-state index in [1.54, 1.807) is 0 Å². The minimum atomic E-state index is -5.25. The maximum Gasteiger partial charge on any atom is 0.447 e. The zero-order chi connectivity index (χ0) is 13.5. The molecule has 0 saturated carbocycles. The highest BCUT2D eigenvalue weighted by Crippen LogP contribution is 2.31. The largest absolute Gasteiger partial charge is 0.447 e. The van der Waals surface area contributed by atoms with Gasteiger partial charge < -0.3 is 4.90 Å². The van der Waals surface area contributed by atoms with Crippen LogP contribution in [0.25, 0.3) is 0 Å². The number of allylic oxidation sites excluding steroid dienone is 1. The van der Waals surface area contributed by atoms with Crippen LogP contribution in [0.3, 0.4) is 0 Å². The molecule has 0 aromatic heterocycles. The van der Waals surface area contributed by atoms with Crippen LogP contribution in [-0.2, 0) is 0 Å². The van der Waals surface area contributed by atoms with Crippen LogP contribution in [0, 0.1) is 0 Å². The molecule has 0 aliphatic heterocycles. The Labute approximate surface area is 98.3 Å². The molecule has 0 aromatic carbocycles. The summed E-state index contributed by atoms with van der Waals surface area (Å²) in [4.78, 5) is 0.829. The summed E-state index contributed by atoms with van der Waals surface area (Å²) in [6.07, 6.45) is -2.77. The number of unbranched alkanes of at least 4 members (excludes halogenated alkanes) is 2. The quantitative estimate of drug-likeness (QED) is 0.478. The van der Waals surface area contributed by atoms with Gasteiger partial charge in [-0.25, -0.2) is 0 Å². The van der Waals surface area contributed by atoms with Crippen LogP contribution in [0.5, 0.6) is 0 Å². The summed E-state index contributed by atoms with van der Waals surface area (Å²) in [7, 11) is 0. The van der Waals surface area contributed by atoms with Crippen molar-refractivity contribution in [3.63, 3.8) is 0 Å². The highest BCUT2D eigenvalue weighted by atomic mass is 19.4. The number of rotatable bonds is 7. The molecule has 0 heterocycles. The van der Waals surface area contributed by atoms with E-state index in [0.29, 0.717) is 25.7 Å². The van der Waals surface area contributed by atoms with Crippen LogP contribution in [0.1, 0.15) is 39.5 Å². The molecule has 0 aliphatic carbocycles. The Hall–Kier alpha value is -0.810. The van der Waals surface area contributed by atoms with E-state index < -0.39 is 18.0 Å². The van der Waals surface area contributed by atoms with Crippen LogP contribution in [0.15, 0.2) is 11.8 Å². The van der Waals surface area contributed by atoms with Crippen molar-refractivity contribution < 1.29 is 22.0 Å². The van der Waals surface area contributed by atoms with Gasteiger partial charge in [0.05, 0.1) is 0 Å². The fraction of sp³-hybridized carbons (Fsp3) is 0.818. The Kier molecular flexibility index (Phi) is 7.15. The van der Waals surface area contributed by atoms with E-state index in [2.05, 4.69) is 0 Å². The number of hydrogen-bond donors (Lipinski definition) is 0. The van der Waals surface area contributed by atoms with Crippen LogP contribution >= 0.6 is 0 Å². The van der Waals surface area contributed by atoms with E-state index in [9.17, 15) is 22.0 Å². The molecule has 1 nitrogen and oxygen atoms in total. The lowest BCUT2D eigenvalue weighted by Crippen LogP contribution is -2.26. The first-order valence-electron chi connectivity index (χ1n) is 5.72. The summed E-state index contributed by atoms with van der Waals surface area (Å²) in [6, 6.07) is 0. The van der Waals surface area contributed by atoms with Crippen molar-refractivity contribution >= 4 is 0 Å². The molecule has 0 unspecified atom stereocenters. The molecule has 0 aromatic rings. The highest BCUT2D eigenvalue weighted by molar-refractivity contribution is 5.05. The average molecular weight is 259 g/mol. The van der Waals surface area contributed by atoms with E-state index in [4.69, 9.17) is 0 Å². The van der Waals surface area contributed by atoms with Crippen molar-refractivity contribution in [2.24, 2.45) is 0 Å². The Balaban J connectivity index is 4.76. The topological polar surface area (TPSA) is 3.24 Å². The van der Waals surface area contributed by atoms with Gasteiger partial charge in [-0.2, -0.15) is 22.0 Å². The molecule has 0 radical (unpaired) electrons. The fourth-order valence-electron chi connectivity index (χ4n) is 1.26. The van der Waals surface area contributed by atoms with Crippen LogP contribution < -0.4 is 0 Å². The number of hydrogen-bond acceptors (Lipinski definition) is 1. The summed E-state index contributed by atoms with van der Waals surface area (Å²) in [5, 5.41) is 0. The normalized spacial score (nSPS) is 13.6. The molecular formula is C11H18F5N. The van der Waals surface area contributed by atoms with Gasteiger partial charge in [0.1, 0.15) is 0 Å². The molecule has 0 N–H and O–H groups in total.